The van der Waals surface area contributed by atoms with Gasteiger partial charge in [-0.1, -0.05) is 6.07 Å². The summed E-state index contributed by atoms with van der Waals surface area (Å²) in [6.45, 7) is 1.78. The van der Waals surface area contributed by atoms with Crippen molar-refractivity contribution in [1.29, 1.82) is 0 Å². The lowest BCUT2D eigenvalue weighted by Gasteiger charge is -2.09. The molecule has 2 nitrogen and oxygen atoms in total. The van der Waals surface area contributed by atoms with Gasteiger partial charge in [-0.05, 0) is 48.4 Å². The van der Waals surface area contributed by atoms with Gasteiger partial charge in [-0.15, -0.1) is 0 Å². The van der Waals surface area contributed by atoms with Crippen molar-refractivity contribution in [2.24, 2.45) is 0 Å². The fraction of sp³-hybridized carbons (Fsp3) is 0.105. The van der Waals surface area contributed by atoms with E-state index in [1.54, 1.807) is 31.5 Å². The van der Waals surface area contributed by atoms with Crippen LogP contribution in [0.1, 0.15) is 11.1 Å². The third-order valence-electron chi connectivity index (χ3n) is 3.57. The van der Waals surface area contributed by atoms with Gasteiger partial charge in [-0.3, -0.25) is 4.98 Å². The van der Waals surface area contributed by atoms with Crippen molar-refractivity contribution in [3.63, 3.8) is 0 Å². The molecule has 3 rings (SSSR count). The summed E-state index contributed by atoms with van der Waals surface area (Å²) in [5, 5.41) is 0. The summed E-state index contributed by atoms with van der Waals surface area (Å²) in [5.74, 6) is -1.71. The van der Waals surface area contributed by atoms with Crippen LogP contribution < -0.4 is 4.74 Å². The monoisotopic (exact) mass is 329 g/mol. The van der Waals surface area contributed by atoms with Crippen LogP contribution in [0.4, 0.5) is 13.2 Å². The Labute approximate surface area is 137 Å². The Balaban J connectivity index is 1.79. The van der Waals surface area contributed by atoms with E-state index >= 15 is 0 Å². The van der Waals surface area contributed by atoms with E-state index < -0.39 is 11.6 Å². The number of ether oxygens (including phenoxy) is 1. The summed E-state index contributed by atoms with van der Waals surface area (Å²) in [6, 6.07) is 9.79. The standard InChI is InChI=1S/C19H14F3NO/c1-12-6-14(2-4-17(12)21)15-7-13(9-23-10-15)11-24-19-5-3-16(20)8-18(19)22/h2-10H,11H2,1H3. The molecule has 3 aromatic rings. The Morgan fingerprint density at radius 3 is 2.46 bits per heavy atom. The molecule has 0 spiro atoms. The number of hydrogen-bond donors (Lipinski definition) is 0. The van der Waals surface area contributed by atoms with Crippen LogP contribution in [0.15, 0.2) is 54.9 Å². The van der Waals surface area contributed by atoms with Crippen LogP contribution in [-0.4, -0.2) is 4.98 Å². The molecule has 0 saturated heterocycles. The molecule has 0 aliphatic carbocycles. The molecule has 0 amide bonds. The second kappa shape index (κ2) is 6.74. The predicted octanol–water partition coefficient (Wildman–Crippen LogP) is 5.05. The molecule has 24 heavy (non-hydrogen) atoms. The van der Waals surface area contributed by atoms with Crippen LogP contribution in [-0.2, 0) is 6.61 Å². The first kappa shape index (κ1) is 16.1. The number of aromatic nitrogens is 1. The Morgan fingerprint density at radius 1 is 0.875 bits per heavy atom. The molecule has 0 fully saturated rings. The minimum atomic E-state index is -0.756. The van der Waals surface area contributed by atoms with Crippen molar-refractivity contribution in [1.82, 2.24) is 4.98 Å². The van der Waals surface area contributed by atoms with Crippen molar-refractivity contribution < 1.29 is 17.9 Å². The van der Waals surface area contributed by atoms with E-state index in [9.17, 15) is 13.2 Å². The number of benzene rings is 2. The van der Waals surface area contributed by atoms with Crippen LogP contribution in [0.25, 0.3) is 11.1 Å². The van der Waals surface area contributed by atoms with E-state index in [4.69, 9.17) is 4.74 Å². The topological polar surface area (TPSA) is 22.1 Å². The molecule has 0 N–H and O–H groups in total. The van der Waals surface area contributed by atoms with Crippen molar-refractivity contribution in [3.05, 3.63) is 83.4 Å². The molecule has 0 atom stereocenters. The smallest absolute Gasteiger partial charge is 0.167 e. The molecule has 0 aliphatic heterocycles. The van der Waals surface area contributed by atoms with Gasteiger partial charge in [0.25, 0.3) is 0 Å². The fourth-order valence-electron chi connectivity index (χ4n) is 2.30. The average molecular weight is 329 g/mol. The highest BCUT2D eigenvalue weighted by Gasteiger charge is 2.07. The molecule has 1 heterocycles. The zero-order valence-electron chi connectivity index (χ0n) is 12.9. The van der Waals surface area contributed by atoms with Crippen LogP contribution in [0, 0.1) is 24.4 Å². The third kappa shape index (κ3) is 3.56. The maximum absolute atomic E-state index is 13.6. The molecule has 5 heteroatoms. The second-order valence-electron chi connectivity index (χ2n) is 5.41. The Bertz CT molecular complexity index is 880. The van der Waals surface area contributed by atoms with Gasteiger partial charge >= 0.3 is 0 Å². The van der Waals surface area contributed by atoms with E-state index in [0.717, 1.165) is 28.8 Å². The summed E-state index contributed by atoms with van der Waals surface area (Å²) in [4.78, 5) is 4.13. The van der Waals surface area contributed by atoms with Crippen molar-refractivity contribution in [2.75, 3.05) is 0 Å². The molecule has 0 bridgehead atoms. The molecule has 0 saturated carbocycles. The minimum Gasteiger partial charge on any atom is -0.486 e. The number of aryl methyl sites for hydroxylation is 1. The Hall–Kier alpha value is -2.82. The first-order valence-corrected chi connectivity index (χ1v) is 7.31. The first-order chi connectivity index (χ1) is 11.5. The minimum absolute atomic E-state index is 0.0283. The van der Waals surface area contributed by atoms with Gasteiger partial charge in [-0.2, -0.15) is 0 Å². The summed E-state index contributed by atoms with van der Waals surface area (Å²) in [7, 11) is 0. The summed E-state index contributed by atoms with van der Waals surface area (Å²) in [6.07, 6.45) is 3.26. The van der Waals surface area contributed by atoms with Gasteiger partial charge in [0.2, 0.25) is 0 Å². The van der Waals surface area contributed by atoms with Gasteiger partial charge in [-0.25, -0.2) is 13.2 Å². The highest BCUT2D eigenvalue weighted by atomic mass is 19.1. The van der Waals surface area contributed by atoms with E-state index in [-0.39, 0.29) is 18.2 Å². The molecule has 122 valence electrons. The first-order valence-electron chi connectivity index (χ1n) is 7.31. The predicted molar refractivity (Wildman–Crippen MR) is 85.1 cm³/mol. The van der Waals surface area contributed by atoms with E-state index in [2.05, 4.69) is 4.98 Å². The largest absolute Gasteiger partial charge is 0.486 e. The quantitative estimate of drug-likeness (QED) is 0.668. The molecular weight excluding hydrogens is 315 g/mol. The number of halogens is 3. The third-order valence-corrected chi connectivity index (χ3v) is 3.57. The molecular formula is C19H14F3NO. The van der Waals surface area contributed by atoms with Crippen LogP contribution >= 0.6 is 0 Å². The lowest BCUT2D eigenvalue weighted by Crippen LogP contribution is -1.99. The maximum atomic E-state index is 13.6. The Morgan fingerprint density at radius 2 is 1.71 bits per heavy atom. The number of pyridine rings is 1. The summed E-state index contributed by atoms with van der Waals surface area (Å²) in [5.41, 5.74) is 2.90. The fourth-order valence-corrected chi connectivity index (χ4v) is 2.30. The van der Waals surface area contributed by atoms with E-state index in [1.807, 2.05) is 6.07 Å². The van der Waals surface area contributed by atoms with Gasteiger partial charge in [0.15, 0.2) is 11.6 Å². The maximum Gasteiger partial charge on any atom is 0.167 e. The molecule has 0 unspecified atom stereocenters. The molecule has 0 radical (unpaired) electrons. The normalized spacial score (nSPS) is 10.7. The molecule has 0 aliphatic rings. The zero-order chi connectivity index (χ0) is 17.1. The Kier molecular flexibility index (Phi) is 4.51. The average Bonchev–Trinajstić information content (AvgIpc) is 2.57. The van der Waals surface area contributed by atoms with Gasteiger partial charge in [0.05, 0.1) is 0 Å². The summed E-state index contributed by atoms with van der Waals surface area (Å²) < 4.78 is 45.2. The lowest BCUT2D eigenvalue weighted by atomic mass is 10.0. The molecule has 2 aromatic carbocycles. The number of rotatable bonds is 4. The second-order valence-corrected chi connectivity index (χ2v) is 5.41. The van der Waals surface area contributed by atoms with Gasteiger partial charge in [0.1, 0.15) is 18.2 Å². The van der Waals surface area contributed by atoms with Crippen LogP contribution in [0.3, 0.4) is 0 Å². The van der Waals surface area contributed by atoms with Crippen molar-refractivity contribution in [2.45, 2.75) is 13.5 Å². The van der Waals surface area contributed by atoms with Crippen LogP contribution in [0.5, 0.6) is 5.75 Å². The highest BCUT2D eigenvalue weighted by molar-refractivity contribution is 5.63. The van der Waals surface area contributed by atoms with Crippen molar-refractivity contribution >= 4 is 0 Å². The number of hydrogen-bond acceptors (Lipinski definition) is 2. The summed E-state index contributed by atoms with van der Waals surface area (Å²) >= 11 is 0. The number of nitrogens with zero attached hydrogens (tertiary/aromatic N) is 1. The van der Waals surface area contributed by atoms with Crippen molar-refractivity contribution in [3.8, 4) is 16.9 Å². The van der Waals surface area contributed by atoms with E-state index in [1.165, 1.54) is 12.1 Å². The van der Waals surface area contributed by atoms with E-state index in [0.29, 0.717) is 5.56 Å². The van der Waals surface area contributed by atoms with Crippen LogP contribution in [0.2, 0.25) is 0 Å². The SMILES string of the molecule is Cc1cc(-c2cncc(COc3ccc(F)cc3F)c2)ccc1F. The zero-order valence-corrected chi connectivity index (χ0v) is 12.9. The highest BCUT2D eigenvalue weighted by Crippen LogP contribution is 2.23. The lowest BCUT2D eigenvalue weighted by molar-refractivity contribution is 0.289. The van der Waals surface area contributed by atoms with Gasteiger partial charge in [0, 0.05) is 29.6 Å². The molecule has 1 aromatic heterocycles. The van der Waals surface area contributed by atoms with Gasteiger partial charge < -0.3 is 4.74 Å².